The van der Waals surface area contributed by atoms with Gasteiger partial charge in [-0.3, -0.25) is 14.9 Å². The second-order valence-corrected chi connectivity index (χ2v) is 10.2. The summed E-state index contributed by atoms with van der Waals surface area (Å²) in [7, 11) is -3.57. The van der Waals surface area contributed by atoms with Crippen LogP contribution in [0.4, 0.5) is 11.4 Å². The molecule has 0 spiro atoms. The Kier molecular flexibility index (Phi) is 5.62. The van der Waals surface area contributed by atoms with Gasteiger partial charge in [0, 0.05) is 37.0 Å². The number of rotatable bonds is 5. The Bertz CT molecular complexity index is 1370. The Balaban J connectivity index is 1.43. The van der Waals surface area contributed by atoms with Crippen LogP contribution in [0.3, 0.4) is 0 Å². The molecule has 1 fully saturated rings. The average Bonchev–Trinajstić information content (AvgIpc) is 3.53. The smallest absolute Gasteiger partial charge is 0.295 e. The number of carbonyl (C=O) groups excluding carboxylic acids is 1. The summed E-state index contributed by atoms with van der Waals surface area (Å²) in [4.78, 5) is 29.9. The van der Waals surface area contributed by atoms with Crippen LogP contribution in [-0.2, 0) is 16.4 Å². The first kappa shape index (κ1) is 22.2. The summed E-state index contributed by atoms with van der Waals surface area (Å²) in [5.41, 5.74) is 1.48. The number of hydrogen-bond donors (Lipinski definition) is 0. The highest BCUT2D eigenvalue weighted by atomic mass is 32.2. The number of nitro groups is 1. The summed E-state index contributed by atoms with van der Waals surface area (Å²) in [6.45, 7) is 1.40. The Hall–Kier alpha value is -3.64. The summed E-state index contributed by atoms with van der Waals surface area (Å²) in [5, 5.41) is 15.6. The van der Waals surface area contributed by atoms with Crippen molar-refractivity contribution in [3.8, 4) is 5.69 Å². The molecular formula is C22H22N6O5S. The van der Waals surface area contributed by atoms with Crippen molar-refractivity contribution in [2.24, 2.45) is 0 Å². The van der Waals surface area contributed by atoms with E-state index < -0.39 is 20.9 Å². The van der Waals surface area contributed by atoms with Crippen LogP contribution < -0.4 is 4.90 Å². The van der Waals surface area contributed by atoms with Crippen molar-refractivity contribution in [2.45, 2.75) is 30.6 Å². The van der Waals surface area contributed by atoms with Crippen molar-refractivity contribution in [1.29, 1.82) is 0 Å². The number of piperidine rings is 1. The molecule has 12 heteroatoms. The number of amides is 1. The highest BCUT2D eigenvalue weighted by Gasteiger charge is 2.31. The van der Waals surface area contributed by atoms with Gasteiger partial charge in [-0.15, -0.1) is 0 Å². The van der Waals surface area contributed by atoms with Crippen molar-refractivity contribution in [2.75, 3.05) is 24.5 Å². The fourth-order valence-electron chi connectivity index (χ4n) is 4.49. The first-order chi connectivity index (χ1) is 16.4. The first-order valence-electron chi connectivity index (χ1n) is 10.9. The molecule has 1 amide bonds. The third-order valence-electron chi connectivity index (χ3n) is 6.23. The molecule has 2 aromatic carbocycles. The van der Waals surface area contributed by atoms with E-state index in [1.54, 1.807) is 12.1 Å². The van der Waals surface area contributed by atoms with Gasteiger partial charge in [-0.25, -0.2) is 18.1 Å². The monoisotopic (exact) mass is 482 g/mol. The van der Waals surface area contributed by atoms with Gasteiger partial charge in [0.05, 0.1) is 9.82 Å². The highest BCUT2D eigenvalue weighted by Crippen LogP contribution is 2.33. The summed E-state index contributed by atoms with van der Waals surface area (Å²) in [6, 6.07) is 9.03. The topological polar surface area (TPSA) is 132 Å². The van der Waals surface area contributed by atoms with Gasteiger partial charge in [0.1, 0.15) is 18.3 Å². The summed E-state index contributed by atoms with van der Waals surface area (Å²) >= 11 is 0. The molecule has 1 saturated heterocycles. The predicted octanol–water partition coefficient (Wildman–Crippen LogP) is 2.55. The van der Waals surface area contributed by atoms with Crippen molar-refractivity contribution in [1.82, 2.24) is 19.1 Å². The molecule has 11 nitrogen and oxygen atoms in total. The number of nitro benzene ring substituents is 1. The number of fused-ring (bicyclic) bond motifs is 1. The number of aromatic nitrogens is 3. The molecule has 3 aromatic rings. The lowest BCUT2D eigenvalue weighted by Crippen LogP contribution is -2.35. The van der Waals surface area contributed by atoms with Gasteiger partial charge in [-0.1, -0.05) is 6.42 Å². The molecule has 0 radical (unpaired) electrons. The van der Waals surface area contributed by atoms with Crippen LogP contribution in [0.5, 0.6) is 0 Å². The van der Waals surface area contributed by atoms with E-state index in [0.717, 1.165) is 24.8 Å². The number of carbonyl (C=O) groups is 1. The Morgan fingerprint density at radius 3 is 2.47 bits per heavy atom. The van der Waals surface area contributed by atoms with Crippen molar-refractivity contribution >= 4 is 27.3 Å². The zero-order valence-electron chi connectivity index (χ0n) is 18.2. The number of sulfonamides is 1. The molecule has 0 N–H and O–H groups in total. The molecule has 176 valence electrons. The molecule has 0 atom stereocenters. The molecule has 0 unspecified atom stereocenters. The fraction of sp³-hybridized carbons (Fsp3) is 0.318. The van der Waals surface area contributed by atoms with Crippen LogP contribution in [0.2, 0.25) is 0 Å². The van der Waals surface area contributed by atoms with Crippen LogP contribution in [-0.4, -0.2) is 58.0 Å². The van der Waals surface area contributed by atoms with Crippen LogP contribution in [0.1, 0.15) is 35.2 Å². The van der Waals surface area contributed by atoms with Gasteiger partial charge in [0.25, 0.3) is 11.6 Å². The minimum absolute atomic E-state index is 0.161. The molecule has 0 bridgehead atoms. The zero-order chi connectivity index (χ0) is 23.9. The summed E-state index contributed by atoms with van der Waals surface area (Å²) in [6.07, 6.45) is 5.86. The van der Waals surface area contributed by atoms with Gasteiger partial charge in [0.2, 0.25) is 10.0 Å². The number of hydrogen-bond acceptors (Lipinski definition) is 7. The summed E-state index contributed by atoms with van der Waals surface area (Å²) in [5.74, 6) is -0.390. The maximum absolute atomic E-state index is 13.3. The third kappa shape index (κ3) is 3.84. The van der Waals surface area contributed by atoms with E-state index in [9.17, 15) is 23.3 Å². The molecule has 3 heterocycles. The van der Waals surface area contributed by atoms with Crippen LogP contribution in [0, 0.1) is 10.1 Å². The number of anilines is 1. The normalized spacial score (nSPS) is 16.4. The van der Waals surface area contributed by atoms with Crippen molar-refractivity contribution in [3.63, 3.8) is 0 Å². The molecular weight excluding hydrogens is 460 g/mol. The first-order valence-corrected chi connectivity index (χ1v) is 12.4. The van der Waals surface area contributed by atoms with E-state index in [1.165, 1.54) is 50.8 Å². The van der Waals surface area contributed by atoms with Gasteiger partial charge in [0.15, 0.2) is 0 Å². The molecule has 2 aliphatic rings. The molecule has 0 saturated carbocycles. The molecule has 5 rings (SSSR count). The highest BCUT2D eigenvalue weighted by molar-refractivity contribution is 7.89. The Morgan fingerprint density at radius 2 is 1.76 bits per heavy atom. The van der Waals surface area contributed by atoms with E-state index in [0.29, 0.717) is 31.7 Å². The van der Waals surface area contributed by atoms with Gasteiger partial charge >= 0.3 is 0 Å². The molecule has 34 heavy (non-hydrogen) atoms. The SMILES string of the molecule is O=C(c1ccc(-n2cncn2)c([N+](=O)[O-])c1)N1CCc2cc(S(=O)(=O)N3CCCCC3)ccc21. The zero-order valence-corrected chi connectivity index (χ0v) is 19.0. The molecule has 0 aliphatic carbocycles. The number of nitrogens with zero attached hydrogens (tertiary/aromatic N) is 6. The summed E-state index contributed by atoms with van der Waals surface area (Å²) < 4.78 is 28.8. The second kappa shape index (κ2) is 8.61. The van der Waals surface area contributed by atoms with Crippen LogP contribution in [0.15, 0.2) is 53.9 Å². The van der Waals surface area contributed by atoms with Crippen LogP contribution in [0.25, 0.3) is 5.69 Å². The minimum Gasteiger partial charge on any atom is -0.308 e. The lowest BCUT2D eigenvalue weighted by atomic mass is 10.1. The molecule has 1 aromatic heterocycles. The van der Waals surface area contributed by atoms with Crippen LogP contribution >= 0.6 is 0 Å². The lowest BCUT2D eigenvalue weighted by Gasteiger charge is -2.26. The largest absolute Gasteiger partial charge is 0.308 e. The van der Waals surface area contributed by atoms with E-state index in [1.807, 2.05) is 0 Å². The third-order valence-corrected chi connectivity index (χ3v) is 8.12. The van der Waals surface area contributed by atoms with E-state index in [4.69, 9.17) is 0 Å². The van der Waals surface area contributed by atoms with E-state index >= 15 is 0 Å². The fourth-order valence-corrected chi connectivity index (χ4v) is 6.06. The van der Waals surface area contributed by atoms with E-state index in [-0.39, 0.29) is 21.8 Å². The second-order valence-electron chi connectivity index (χ2n) is 8.26. The standard InChI is InChI=1S/C22H22N6O5S/c29-22(17-4-6-20(21(13-17)28(30)31)27-15-23-14-24-27)26-11-8-16-12-18(5-7-19(16)26)34(32,33)25-9-2-1-3-10-25/h4-7,12-15H,1-3,8-11H2. The predicted molar refractivity (Wildman–Crippen MR) is 122 cm³/mol. The van der Waals surface area contributed by atoms with Gasteiger partial charge < -0.3 is 4.90 Å². The Morgan fingerprint density at radius 1 is 1.00 bits per heavy atom. The van der Waals surface area contributed by atoms with E-state index in [2.05, 4.69) is 10.1 Å². The lowest BCUT2D eigenvalue weighted by molar-refractivity contribution is -0.384. The maximum Gasteiger partial charge on any atom is 0.295 e. The molecule has 2 aliphatic heterocycles. The minimum atomic E-state index is -3.57. The maximum atomic E-state index is 13.3. The quantitative estimate of drug-likeness (QED) is 0.403. The van der Waals surface area contributed by atoms with Crippen molar-refractivity contribution in [3.05, 3.63) is 70.3 Å². The van der Waals surface area contributed by atoms with Crippen molar-refractivity contribution < 1.29 is 18.1 Å². The Labute approximate surface area is 195 Å². The number of benzene rings is 2. The van der Waals surface area contributed by atoms with Gasteiger partial charge in [-0.2, -0.15) is 9.40 Å². The average molecular weight is 483 g/mol. The van der Waals surface area contributed by atoms with Gasteiger partial charge in [-0.05, 0) is 55.2 Å².